The minimum Gasteiger partial charge on any atom is -0.396 e. The second-order valence-corrected chi connectivity index (χ2v) is 6.92. The van der Waals surface area contributed by atoms with Gasteiger partial charge in [-0.15, -0.1) is 5.10 Å². The zero-order valence-corrected chi connectivity index (χ0v) is 10.6. The molecular weight excluding hydrogens is 242 g/mol. The number of rotatable bonds is 4. The average molecular weight is 259 g/mol. The van der Waals surface area contributed by atoms with E-state index in [9.17, 15) is 13.5 Å². The van der Waals surface area contributed by atoms with Gasteiger partial charge in [-0.3, -0.25) is 4.68 Å². The molecule has 17 heavy (non-hydrogen) atoms. The summed E-state index contributed by atoms with van der Waals surface area (Å²) in [6.07, 6.45) is 3.03. The molecule has 2 unspecified atom stereocenters. The zero-order chi connectivity index (χ0) is 12.5. The lowest BCUT2D eigenvalue weighted by molar-refractivity contribution is 0.183. The first kappa shape index (κ1) is 12.5. The Kier molecular flexibility index (Phi) is 3.48. The van der Waals surface area contributed by atoms with Gasteiger partial charge in [0.05, 0.1) is 17.2 Å². The minimum absolute atomic E-state index is 0.00321. The van der Waals surface area contributed by atoms with Crippen LogP contribution in [0.15, 0.2) is 6.20 Å². The molecule has 7 heteroatoms. The maximum atomic E-state index is 11.4. The number of nitrogens with zero attached hydrogens (tertiary/aromatic N) is 3. The molecule has 0 aromatic carbocycles. The summed E-state index contributed by atoms with van der Waals surface area (Å²) in [6, 6.07) is 0. The van der Waals surface area contributed by atoms with Crippen LogP contribution in [0.1, 0.15) is 12.1 Å². The molecule has 1 aliphatic rings. The maximum Gasteiger partial charge on any atom is 0.150 e. The molecule has 1 fully saturated rings. The van der Waals surface area contributed by atoms with Crippen molar-refractivity contribution in [2.24, 2.45) is 18.9 Å². The Hall–Kier alpha value is -0.950. The molecule has 0 aliphatic carbocycles. The molecule has 0 radical (unpaired) electrons. The average Bonchev–Trinajstić information content (AvgIpc) is 2.81. The van der Waals surface area contributed by atoms with Crippen LogP contribution in [0.4, 0.5) is 0 Å². The second kappa shape index (κ2) is 4.73. The highest BCUT2D eigenvalue weighted by Gasteiger charge is 2.33. The van der Waals surface area contributed by atoms with Gasteiger partial charge >= 0.3 is 0 Å². The molecule has 1 aromatic heterocycles. The predicted octanol–water partition coefficient (Wildman–Crippen LogP) is -0.599. The van der Waals surface area contributed by atoms with Gasteiger partial charge in [-0.1, -0.05) is 5.21 Å². The fourth-order valence-corrected chi connectivity index (χ4v) is 4.25. The standard InChI is InChI=1S/C10H17N3O3S/c1-13-5-10(11-12-13)4-9(6-14)8-2-3-17(15,16)7-8/h5,8-9,14H,2-4,6-7H2,1H3. The fourth-order valence-electron chi connectivity index (χ4n) is 2.33. The summed E-state index contributed by atoms with van der Waals surface area (Å²) in [5, 5.41) is 17.2. The van der Waals surface area contributed by atoms with Crippen LogP contribution >= 0.6 is 0 Å². The van der Waals surface area contributed by atoms with Gasteiger partial charge in [-0.05, 0) is 24.7 Å². The van der Waals surface area contributed by atoms with Crippen molar-refractivity contribution in [1.82, 2.24) is 15.0 Å². The molecular formula is C10H17N3O3S. The van der Waals surface area contributed by atoms with Gasteiger partial charge in [-0.2, -0.15) is 0 Å². The van der Waals surface area contributed by atoms with Crippen LogP contribution in [0, 0.1) is 11.8 Å². The molecule has 1 N–H and O–H groups in total. The van der Waals surface area contributed by atoms with Gasteiger partial charge in [0.2, 0.25) is 0 Å². The van der Waals surface area contributed by atoms with Crippen molar-refractivity contribution in [3.63, 3.8) is 0 Å². The van der Waals surface area contributed by atoms with Crippen LogP contribution in [-0.4, -0.2) is 46.6 Å². The first-order valence-corrected chi connectivity index (χ1v) is 7.49. The third-order valence-electron chi connectivity index (χ3n) is 3.29. The third kappa shape index (κ3) is 3.04. The first-order chi connectivity index (χ1) is 8.00. The summed E-state index contributed by atoms with van der Waals surface area (Å²) in [5.41, 5.74) is 0.802. The van der Waals surface area contributed by atoms with Crippen molar-refractivity contribution in [3.05, 3.63) is 11.9 Å². The number of aromatic nitrogens is 3. The number of hydrogen-bond donors (Lipinski definition) is 1. The highest BCUT2D eigenvalue weighted by atomic mass is 32.2. The van der Waals surface area contributed by atoms with Crippen LogP contribution in [0.5, 0.6) is 0 Å². The number of aliphatic hydroxyl groups excluding tert-OH is 1. The Bertz CT molecular complexity index is 483. The largest absolute Gasteiger partial charge is 0.396 e. The van der Waals surface area contributed by atoms with Crippen molar-refractivity contribution in [2.45, 2.75) is 12.8 Å². The highest BCUT2D eigenvalue weighted by molar-refractivity contribution is 7.91. The van der Waals surface area contributed by atoms with Crippen LogP contribution in [0.3, 0.4) is 0 Å². The van der Waals surface area contributed by atoms with Gasteiger partial charge in [0.25, 0.3) is 0 Å². The summed E-state index contributed by atoms with van der Waals surface area (Å²) in [5.74, 6) is 0.448. The molecule has 0 saturated carbocycles. The smallest absolute Gasteiger partial charge is 0.150 e. The Balaban J connectivity index is 2.02. The molecule has 0 bridgehead atoms. The van der Waals surface area contributed by atoms with Gasteiger partial charge in [0, 0.05) is 19.9 Å². The Morgan fingerprint density at radius 1 is 1.65 bits per heavy atom. The van der Waals surface area contributed by atoms with E-state index in [1.165, 1.54) is 0 Å². The normalized spacial score (nSPS) is 24.9. The SMILES string of the molecule is Cn1cc(CC(CO)C2CCS(=O)(=O)C2)nn1. The molecule has 2 atom stereocenters. The molecule has 2 rings (SSSR count). The van der Waals surface area contributed by atoms with E-state index in [-0.39, 0.29) is 29.9 Å². The van der Waals surface area contributed by atoms with Crippen LogP contribution < -0.4 is 0 Å². The van der Waals surface area contributed by atoms with E-state index in [4.69, 9.17) is 0 Å². The van der Waals surface area contributed by atoms with E-state index >= 15 is 0 Å². The monoisotopic (exact) mass is 259 g/mol. The Labute approximate surface area is 101 Å². The fraction of sp³-hybridized carbons (Fsp3) is 0.800. The van der Waals surface area contributed by atoms with Gasteiger partial charge in [0.1, 0.15) is 0 Å². The first-order valence-electron chi connectivity index (χ1n) is 5.66. The summed E-state index contributed by atoms with van der Waals surface area (Å²) in [6.45, 7) is -0.00321. The number of sulfone groups is 1. The van der Waals surface area contributed by atoms with E-state index in [1.54, 1.807) is 17.9 Å². The molecule has 6 nitrogen and oxygen atoms in total. The number of hydrogen-bond acceptors (Lipinski definition) is 5. The molecule has 1 saturated heterocycles. The van der Waals surface area contributed by atoms with E-state index in [0.29, 0.717) is 12.8 Å². The third-order valence-corrected chi connectivity index (χ3v) is 5.08. The minimum atomic E-state index is -2.89. The predicted molar refractivity (Wildman–Crippen MR) is 62.0 cm³/mol. The highest BCUT2D eigenvalue weighted by Crippen LogP contribution is 2.27. The summed E-state index contributed by atoms with van der Waals surface area (Å²) in [7, 11) is -1.11. The van der Waals surface area contributed by atoms with Crippen molar-refractivity contribution in [2.75, 3.05) is 18.1 Å². The second-order valence-electron chi connectivity index (χ2n) is 4.69. The van der Waals surface area contributed by atoms with E-state index in [0.717, 1.165) is 5.69 Å². The molecule has 2 heterocycles. The number of aryl methyl sites for hydroxylation is 1. The molecule has 96 valence electrons. The van der Waals surface area contributed by atoms with Crippen LogP contribution in [0.25, 0.3) is 0 Å². The molecule has 0 spiro atoms. The van der Waals surface area contributed by atoms with E-state index < -0.39 is 9.84 Å². The summed E-state index contributed by atoms with van der Waals surface area (Å²) < 4.78 is 24.4. The summed E-state index contributed by atoms with van der Waals surface area (Å²) >= 11 is 0. The van der Waals surface area contributed by atoms with Gasteiger partial charge in [-0.25, -0.2) is 8.42 Å². The Morgan fingerprint density at radius 2 is 2.41 bits per heavy atom. The summed E-state index contributed by atoms with van der Waals surface area (Å²) in [4.78, 5) is 0. The van der Waals surface area contributed by atoms with E-state index in [1.807, 2.05) is 0 Å². The topological polar surface area (TPSA) is 85.1 Å². The van der Waals surface area contributed by atoms with Crippen molar-refractivity contribution in [3.8, 4) is 0 Å². The van der Waals surface area contributed by atoms with Crippen molar-refractivity contribution >= 4 is 9.84 Å². The lowest BCUT2D eigenvalue weighted by Crippen LogP contribution is -2.22. The van der Waals surface area contributed by atoms with Crippen molar-refractivity contribution in [1.29, 1.82) is 0 Å². The zero-order valence-electron chi connectivity index (χ0n) is 9.78. The van der Waals surface area contributed by atoms with Crippen LogP contribution in [-0.2, 0) is 23.3 Å². The molecule has 1 aliphatic heterocycles. The Morgan fingerprint density at radius 3 is 2.88 bits per heavy atom. The van der Waals surface area contributed by atoms with Gasteiger partial charge < -0.3 is 5.11 Å². The quantitative estimate of drug-likeness (QED) is 0.780. The number of aliphatic hydroxyl groups is 1. The maximum absolute atomic E-state index is 11.4. The van der Waals surface area contributed by atoms with E-state index in [2.05, 4.69) is 10.3 Å². The van der Waals surface area contributed by atoms with Crippen LogP contribution in [0.2, 0.25) is 0 Å². The molecule has 0 amide bonds. The lowest BCUT2D eigenvalue weighted by atomic mass is 9.89. The van der Waals surface area contributed by atoms with Crippen molar-refractivity contribution < 1.29 is 13.5 Å². The van der Waals surface area contributed by atoms with Gasteiger partial charge in [0.15, 0.2) is 9.84 Å². The lowest BCUT2D eigenvalue weighted by Gasteiger charge is -2.18. The molecule has 1 aromatic rings.